The Bertz CT molecular complexity index is 639. The molecule has 1 fully saturated rings. The van der Waals surface area contributed by atoms with Crippen LogP contribution in [-0.4, -0.2) is 67.4 Å². The van der Waals surface area contributed by atoms with Gasteiger partial charge < -0.3 is 26.6 Å². The quantitative estimate of drug-likeness (QED) is 0.363. The summed E-state index contributed by atoms with van der Waals surface area (Å²) in [7, 11) is 2.01. The number of benzene rings is 1. The number of hydrogen-bond acceptors (Lipinski definition) is 7. The number of likely N-dealkylation sites (N-methyl/N-ethyl adjacent to an activating group) is 1. The minimum Gasteiger partial charge on any atom is -0.403 e. The van der Waals surface area contributed by atoms with E-state index in [0.29, 0.717) is 24.3 Å². The van der Waals surface area contributed by atoms with Gasteiger partial charge in [0.15, 0.2) is 0 Å². The first-order chi connectivity index (χ1) is 12.5. The van der Waals surface area contributed by atoms with E-state index in [-0.39, 0.29) is 18.4 Å². The van der Waals surface area contributed by atoms with Crippen molar-refractivity contribution >= 4 is 17.5 Å². The molecule has 0 saturated carbocycles. The normalized spacial score (nSPS) is 16.5. The van der Waals surface area contributed by atoms with Gasteiger partial charge in [-0.1, -0.05) is 0 Å². The lowest BCUT2D eigenvalue weighted by atomic mass is 10.1. The van der Waals surface area contributed by atoms with Crippen LogP contribution in [0.3, 0.4) is 0 Å². The summed E-state index contributed by atoms with van der Waals surface area (Å²) in [5, 5.41) is 4.05. The summed E-state index contributed by atoms with van der Waals surface area (Å²) < 4.78 is 0. The Morgan fingerprint density at radius 2 is 1.85 bits per heavy atom. The molecule has 1 aromatic rings. The number of nitrogens with zero attached hydrogens (tertiary/aromatic N) is 3. The summed E-state index contributed by atoms with van der Waals surface area (Å²) in [4.78, 5) is 28.9. The highest BCUT2D eigenvalue weighted by Gasteiger charge is 2.27. The molecule has 7 N–H and O–H groups in total. The van der Waals surface area contributed by atoms with Crippen LogP contribution >= 0.6 is 0 Å². The van der Waals surface area contributed by atoms with Crippen LogP contribution in [0, 0.1) is 0 Å². The van der Waals surface area contributed by atoms with Crippen LogP contribution in [0.2, 0.25) is 0 Å². The highest BCUT2D eigenvalue weighted by Crippen LogP contribution is 2.13. The second kappa shape index (κ2) is 9.18. The fourth-order valence-corrected chi connectivity index (χ4v) is 2.67. The second-order valence-corrected chi connectivity index (χ2v) is 6.19. The predicted octanol–water partition coefficient (Wildman–Crippen LogP) is -1.37. The average molecular weight is 361 g/mol. The molecule has 2 rings (SSSR count). The van der Waals surface area contributed by atoms with E-state index in [0.717, 1.165) is 13.1 Å². The van der Waals surface area contributed by atoms with E-state index in [4.69, 9.17) is 17.3 Å². The molecule has 142 valence electrons. The standard InChI is InChI=1S/C17H27N7O2/c1-22-8-10-23(11-9-22)17(26)15(12-19)21-16(25)13-2-4-14(5-3-13)24(20)7-6-18/h2-7,15H,8-12,18-20H2,1H3,(H,21,25)/b7-6-. The van der Waals surface area contributed by atoms with Crippen LogP contribution in [0.15, 0.2) is 36.7 Å². The van der Waals surface area contributed by atoms with Crippen LogP contribution in [0.1, 0.15) is 10.4 Å². The molecule has 0 bridgehead atoms. The number of nitrogens with two attached hydrogens (primary N) is 3. The van der Waals surface area contributed by atoms with Crippen LogP contribution in [0.5, 0.6) is 0 Å². The van der Waals surface area contributed by atoms with Crippen molar-refractivity contribution in [2.24, 2.45) is 17.3 Å². The zero-order chi connectivity index (χ0) is 19.1. The van der Waals surface area contributed by atoms with E-state index in [1.165, 1.54) is 17.4 Å². The Balaban J connectivity index is 1.99. The van der Waals surface area contributed by atoms with Crippen LogP contribution in [0.4, 0.5) is 5.69 Å². The van der Waals surface area contributed by atoms with Gasteiger partial charge in [0.25, 0.3) is 5.91 Å². The topological polar surface area (TPSA) is 134 Å². The van der Waals surface area contributed by atoms with Gasteiger partial charge in [0.1, 0.15) is 6.04 Å². The van der Waals surface area contributed by atoms with E-state index in [2.05, 4.69) is 10.2 Å². The van der Waals surface area contributed by atoms with Gasteiger partial charge in [-0.05, 0) is 31.3 Å². The number of rotatable bonds is 6. The van der Waals surface area contributed by atoms with Crippen molar-refractivity contribution in [3.8, 4) is 0 Å². The Labute approximate surface area is 153 Å². The van der Waals surface area contributed by atoms with Crippen molar-refractivity contribution in [1.29, 1.82) is 0 Å². The number of nitrogens with one attached hydrogen (secondary N) is 1. The highest BCUT2D eigenvalue weighted by atomic mass is 16.2. The molecular weight excluding hydrogens is 334 g/mol. The third-order valence-electron chi connectivity index (χ3n) is 4.33. The molecular formula is C17H27N7O2. The van der Waals surface area contributed by atoms with Crippen molar-refractivity contribution in [3.05, 3.63) is 42.2 Å². The number of hydrogen-bond donors (Lipinski definition) is 4. The van der Waals surface area contributed by atoms with E-state index in [9.17, 15) is 9.59 Å². The number of carbonyl (C=O) groups excluding carboxylic acids is 2. The first kappa shape index (κ1) is 19.7. The van der Waals surface area contributed by atoms with Gasteiger partial charge in [0.05, 0.1) is 5.69 Å². The monoisotopic (exact) mass is 361 g/mol. The van der Waals surface area contributed by atoms with Gasteiger partial charge in [0.2, 0.25) is 5.91 Å². The summed E-state index contributed by atoms with van der Waals surface area (Å²) in [6.07, 6.45) is 2.81. The number of piperazine rings is 1. The van der Waals surface area contributed by atoms with Crippen molar-refractivity contribution in [2.45, 2.75) is 6.04 Å². The molecule has 9 heteroatoms. The largest absolute Gasteiger partial charge is 0.403 e. The Hall–Kier alpha value is -2.62. The molecule has 26 heavy (non-hydrogen) atoms. The zero-order valence-corrected chi connectivity index (χ0v) is 15.0. The van der Waals surface area contributed by atoms with Crippen LogP contribution < -0.4 is 27.6 Å². The SMILES string of the molecule is CN1CCN(C(=O)C(CN)NC(=O)c2ccc(N(N)/C=C\N)cc2)CC1. The molecule has 1 heterocycles. The van der Waals surface area contributed by atoms with Crippen LogP contribution in [-0.2, 0) is 4.79 Å². The molecule has 1 atom stereocenters. The first-order valence-corrected chi connectivity index (χ1v) is 8.47. The number of amides is 2. The molecule has 0 aliphatic carbocycles. The maximum Gasteiger partial charge on any atom is 0.251 e. The van der Waals surface area contributed by atoms with Crippen molar-refractivity contribution in [2.75, 3.05) is 44.8 Å². The van der Waals surface area contributed by atoms with Crippen molar-refractivity contribution in [3.63, 3.8) is 0 Å². The van der Waals surface area contributed by atoms with Crippen molar-refractivity contribution in [1.82, 2.24) is 15.1 Å². The fourth-order valence-electron chi connectivity index (χ4n) is 2.67. The average Bonchev–Trinajstić information content (AvgIpc) is 2.66. The van der Waals surface area contributed by atoms with E-state index >= 15 is 0 Å². The van der Waals surface area contributed by atoms with Gasteiger partial charge in [-0.2, -0.15) is 0 Å². The maximum absolute atomic E-state index is 12.6. The summed E-state index contributed by atoms with van der Waals surface area (Å²) in [5.74, 6) is 5.26. The number of carbonyl (C=O) groups is 2. The molecule has 1 aromatic carbocycles. The molecule has 1 aliphatic heterocycles. The number of anilines is 1. The van der Waals surface area contributed by atoms with Crippen molar-refractivity contribution < 1.29 is 9.59 Å². The molecule has 9 nitrogen and oxygen atoms in total. The predicted molar refractivity (Wildman–Crippen MR) is 101 cm³/mol. The Kier molecular flexibility index (Phi) is 6.96. The molecule has 2 amide bonds. The minimum absolute atomic E-state index is 0.0485. The molecule has 0 spiro atoms. The molecule has 1 unspecified atom stereocenters. The van der Waals surface area contributed by atoms with Gasteiger partial charge in [-0.25, -0.2) is 5.84 Å². The van der Waals surface area contributed by atoms with E-state index in [1.807, 2.05) is 7.05 Å². The summed E-state index contributed by atoms with van der Waals surface area (Å²) in [6, 6.07) is 5.89. The zero-order valence-electron chi connectivity index (χ0n) is 15.0. The Morgan fingerprint density at radius 1 is 1.23 bits per heavy atom. The Morgan fingerprint density at radius 3 is 2.38 bits per heavy atom. The third kappa shape index (κ3) is 4.94. The lowest BCUT2D eigenvalue weighted by Crippen LogP contribution is -2.56. The summed E-state index contributed by atoms with van der Waals surface area (Å²) >= 11 is 0. The minimum atomic E-state index is -0.739. The maximum atomic E-state index is 12.6. The summed E-state index contributed by atoms with van der Waals surface area (Å²) in [5.41, 5.74) is 12.1. The first-order valence-electron chi connectivity index (χ1n) is 8.47. The summed E-state index contributed by atoms with van der Waals surface area (Å²) in [6.45, 7) is 2.94. The van der Waals surface area contributed by atoms with Crippen LogP contribution in [0.25, 0.3) is 0 Å². The molecule has 0 aromatic heterocycles. The molecule has 1 saturated heterocycles. The van der Waals surface area contributed by atoms with Gasteiger partial charge >= 0.3 is 0 Å². The van der Waals surface area contributed by atoms with Gasteiger partial charge in [-0.3, -0.25) is 14.6 Å². The second-order valence-electron chi connectivity index (χ2n) is 6.19. The van der Waals surface area contributed by atoms with E-state index in [1.54, 1.807) is 29.2 Å². The smallest absolute Gasteiger partial charge is 0.251 e. The number of hydrazine groups is 1. The lowest BCUT2D eigenvalue weighted by molar-refractivity contribution is -0.134. The molecule has 0 radical (unpaired) electrons. The lowest BCUT2D eigenvalue weighted by Gasteiger charge is -2.34. The van der Waals surface area contributed by atoms with E-state index < -0.39 is 6.04 Å². The molecule has 1 aliphatic rings. The fraction of sp³-hybridized carbons (Fsp3) is 0.412. The third-order valence-corrected chi connectivity index (χ3v) is 4.33. The van der Waals surface area contributed by atoms with Gasteiger partial charge in [-0.15, -0.1) is 0 Å². The highest BCUT2D eigenvalue weighted by molar-refractivity contribution is 5.97. The van der Waals surface area contributed by atoms with Gasteiger partial charge in [0, 0.05) is 50.7 Å².